The van der Waals surface area contributed by atoms with E-state index >= 15 is 0 Å². The largest absolute Gasteiger partial charge is 0.349 e. The summed E-state index contributed by atoms with van der Waals surface area (Å²) in [5, 5.41) is 3.13. The van der Waals surface area contributed by atoms with E-state index in [4.69, 9.17) is 23.2 Å². The second-order valence-electron chi connectivity index (χ2n) is 5.47. The topological polar surface area (TPSA) is 75.3 Å². The molecule has 0 unspecified atom stereocenters. The van der Waals surface area contributed by atoms with Crippen LogP contribution in [-0.4, -0.2) is 20.4 Å². The van der Waals surface area contributed by atoms with Crippen molar-refractivity contribution >= 4 is 44.8 Å². The summed E-state index contributed by atoms with van der Waals surface area (Å²) in [5.41, 5.74) is 0.442. The minimum atomic E-state index is -3.98. The summed E-state index contributed by atoms with van der Waals surface area (Å²) in [5.74, 6) is -0.312. The molecule has 1 aliphatic carbocycles. The Kier molecular flexibility index (Phi) is 4.71. The molecule has 0 aliphatic heterocycles. The predicted octanol–water partition coefficient (Wildman–Crippen LogP) is 3.69. The number of amides is 1. The summed E-state index contributed by atoms with van der Waals surface area (Å²) in [6, 6.07) is 10.7. The Morgan fingerprint density at radius 1 is 1.08 bits per heavy atom. The van der Waals surface area contributed by atoms with Crippen LogP contribution in [0.1, 0.15) is 23.2 Å². The van der Waals surface area contributed by atoms with Crippen molar-refractivity contribution in [2.75, 3.05) is 4.72 Å². The summed E-state index contributed by atoms with van der Waals surface area (Å²) in [4.78, 5) is 12.1. The van der Waals surface area contributed by atoms with E-state index in [1.165, 1.54) is 24.3 Å². The summed E-state index contributed by atoms with van der Waals surface area (Å²) in [6.07, 6.45) is 1.88. The molecule has 0 heterocycles. The van der Waals surface area contributed by atoms with Gasteiger partial charge in [0.2, 0.25) is 0 Å². The van der Waals surface area contributed by atoms with E-state index in [9.17, 15) is 13.2 Å². The Balaban J connectivity index is 1.92. The molecule has 1 amide bonds. The van der Waals surface area contributed by atoms with Crippen LogP contribution in [0, 0.1) is 0 Å². The zero-order valence-corrected chi connectivity index (χ0v) is 14.8. The lowest BCUT2D eigenvalue weighted by molar-refractivity contribution is 0.0952. The number of hydrogen-bond acceptors (Lipinski definition) is 3. The lowest BCUT2D eigenvalue weighted by Gasteiger charge is -2.13. The van der Waals surface area contributed by atoms with Crippen molar-refractivity contribution in [3.8, 4) is 0 Å². The standard InChI is InChI=1S/C16H14Cl2N2O3S/c17-10-5-8-13(18)15(9-10)24(22,23)20-14-4-2-1-3-12(14)16(21)19-11-6-7-11/h1-5,8-9,11,20H,6-7H2,(H,19,21). The van der Waals surface area contributed by atoms with E-state index in [1.54, 1.807) is 18.2 Å². The van der Waals surface area contributed by atoms with Crippen molar-refractivity contribution in [1.29, 1.82) is 0 Å². The number of carbonyl (C=O) groups is 1. The zero-order valence-electron chi connectivity index (χ0n) is 12.4. The molecule has 0 spiro atoms. The van der Waals surface area contributed by atoms with E-state index < -0.39 is 10.0 Å². The lowest BCUT2D eigenvalue weighted by Crippen LogP contribution is -2.27. The van der Waals surface area contributed by atoms with Crippen molar-refractivity contribution < 1.29 is 13.2 Å². The van der Waals surface area contributed by atoms with Crippen LogP contribution in [0.25, 0.3) is 0 Å². The van der Waals surface area contributed by atoms with Crippen LogP contribution < -0.4 is 10.0 Å². The first-order valence-corrected chi connectivity index (χ1v) is 9.48. The van der Waals surface area contributed by atoms with Crippen LogP contribution in [0.4, 0.5) is 5.69 Å². The normalized spacial score (nSPS) is 14.2. The van der Waals surface area contributed by atoms with Gasteiger partial charge < -0.3 is 5.32 Å². The Hall–Kier alpha value is -1.76. The number of rotatable bonds is 5. The van der Waals surface area contributed by atoms with Gasteiger partial charge in [-0.05, 0) is 43.2 Å². The van der Waals surface area contributed by atoms with Crippen LogP contribution in [0.2, 0.25) is 10.0 Å². The van der Waals surface area contributed by atoms with Gasteiger partial charge in [-0.3, -0.25) is 9.52 Å². The van der Waals surface area contributed by atoms with Crippen LogP contribution >= 0.6 is 23.2 Å². The fourth-order valence-corrected chi connectivity index (χ4v) is 3.99. The second-order valence-corrected chi connectivity index (χ2v) is 7.97. The molecule has 2 aromatic rings. The van der Waals surface area contributed by atoms with Gasteiger partial charge in [0.25, 0.3) is 15.9 Å². The maximum atomic E-state index is 12.6. The maximum Gasteiger partial charge on any atom is 0.263 e. The SMILES string of the molecule is O=C(NC1CC1)c1ccccc1NS(=O)(=O)c1cc(Cl)ccc1Cl. The van der Waals surface area contributed by atoms with E-state index in [2.05, 4.69) is 10.0 Å². The van der Waals surface area contributed by atoms with E-state index in [-0.39, 0.29) is 38.1 Å². The van der Waals surface area contributed by atoms with Gasteiger partial charge in [0.15, 0.2) is 0 Å². The molecule has 3 rings (SSSR count). The lowest BCUT2D eigenvalue weighted by atomic mass is 10.1. The molecule has 24 heavy (non-hydrogen) atoms. The van der Waals surface area contributed by atoms with Gasteiger partial charge in [-0.2, -0.15) is 0 Å². The molecule has 0 radical (unpaired) electrons. The minimum Gasteiger partial charge on any atom is -0.349 e. The molecule has 2 N–H and O–H groups in total. The molecule has 0 bridgehead atoms. The molecule has 0 saturated heterocycles. The first kappa shape index (κ1) is 17.1. The van der Waals surface area contributed by atoms with Gasteiger partial charge in [-0.15, -0.1) is 0 Å². The number of halogens is 2. The fraction of sp³-hybridized carbons (Fsp3) is 0.188. The zero-order chi connectivity index (χ0) is 17.3. The molecule has 126 valence electrons. The third-order valence-electron chi connectivity index (χ3n) is 3.51. The van der Waals surface area contributed by atoms with Gasteiger partial charge in [0.05, 0.1) is 16.3 Å². The van der Waals surface area contributed by atoms with Crippen molar-refractivity contribution in [2.24, 2.45) is 0 Å². The fourth-order valence-electron chi connectivity index (χ4n) is 2.14. The number of hydrogen-bond donors (Lipinski definition) is 2. The van der Waals surface area contributed by atoms with E-state index in [0.717, 1.165) is 12.8 Å². The Labute approximate surface area is 150 Å². The molecule has 0 aromatic heterocycles. The second kappa shape index (κ2) is 6.63. The number of benzene rings is 2. The number of carbonyl (C=O) groups excluding carboxylic acids is 1. The third kappa shape index (κ3) is 3.83. The average Bonchev–Trinajstić information content (AvgIpc) is 3.33. The summed E-state index contributed by atoms with van der Waals surface area (Å²) < 4.78 is 27.6. The first-order valence-electron chi connectivity index (χ1n) is 7.24. The van der Waals surface area contributed by atoms with Crippen molar-refractivity contribution in [1.82, 2.24) is 5.32 Å². The smallest absolute Gasteiger partial charge is 0.263 e. The number of anilines is 1. The van der Waals surface area contributed by atoms with Crippen molar-refractivity contribution in [2.45, 2.75) is 23.8 Å². The summed E-state index contributed by atoms with van der Waals surface area (Å²) in [7, 11) is -3.98. The van der Waals surface area contributed by atoms with Crippen molar-refractivity contribution in [3.05, 3.63) is 58.1 Å². The highest BCUT2D eigenvalue weighted by atomic mass is 35.5. The first-order chi connectivity index (χ1) is 11.4. The molecule has 8 heteroatoms. The minimum absolute atomic E-state index is 0.0480. The Bertz CT molecular complexity index is 896. The monoisotopic (exact) mass is 384 g/mol. The van der Waals surface area contributed by atoms with Crippen LogP contribution in [-0.2, 0) is 10.0 Å². The molecule has 1 fully saturated rings. The summed E-state index contributed by atoms with van der Waals surface area (Å²) in [6.45, 7) is 0. The number of nitrogens with one attached hydrogen (secondary N) is 2. The predicted molar refractivity (Wildman–Crippen MR) is 94.2 cm³/mol. The van der Waals surface area contributed by atoms with Gasteiger partial charge in [0.1, 0.15) is 4.90 Å². The molecule has 5 nitrogen and oxygen atoms in total. The van der Waals surface area contributed by atoms with Crippen molar-refractivity contribution in [3.63, 3.8) is 0 Å². The third-order valence-corrected chi connectivity index (χ3v) is 5.59. The van der Waals surface area contributed by atoms with Gasteiger partial charge in [-0.25, -0.2) is 8.42 Å². The van der Waals surface area contributed by atoms with Crippen LogP contribution in [0.3, 0.4) is 0 Å². The number of sulfonamides is 1. The molecule has 2 aromatic carbocycles. The molecule has 1 saturated carbocycles. The number of para-hydroxylation sites is 1. The highest BCUT2D eigenvalue weighted by Gasteiger charge is 2.26. The Morgan fingerprint density at radius 3 is 2.50 bits per heavy atom. The highest BCUT2D eigenvalue weighted by molar-refractivity contribution is 7.92. The molecular weight excluding hydrogens is 371 g/mol. The summed E-state index contributed by atoms with van der Waals surface area (Å²) >= 11 is 11.8. The highest BCUT2D eigenvalue weighted by Crippen LogP contribution is 2.28. The maximum absolute atomic E-state index is 12.6. The van der Waals surface area contributed by atoms with Gasteiger partial charge in [0, 0.05) is 11.1 Å². The molecule has 1 aliphatic rings. The van der Waals surface area contributed by atoms with E-state index in [0.29, 0.717) is 0 Å². The van der Waals surface area contributed by atoms with Crippen LogP contribution in [0.15, 0.2) is 47.4 Å². The van der Waals surface area contributed by atoms with Gasteiger partial charge in [-0.1, -0.05) is 35.3 Å². The Morgan fingerprint density at radius 2 is 1.79 bits per heavy atom. The quantitative estimate of drug-likeness (QED) is 0.825. The molecular formula is C16H14Cl2N2O3S. The molecule has 0 atom stereocenters. The average molecular weight is 385 g/mol. The van der Waals surface area contributed by atoms with Crippen LogP contribution in [0.5, 0.6) is 0 Å². The van der Waals surface area contributed by atoms with E-state index in [1.807, 2.05) is 0 Å². The van der Waals surface area contributed by atoms with Gasteiger partial charge >= 0.3 is 0 Å².